The van der Waals surface area contributed by atoms with Gasteiger partial charge in [0.15, 0.2) is 5.82 Å². The van der Waals surface area contributed by atoms with E-state index in [1.807, 2.05) is 30.8 Å². The van der Waals surface area contributed by atoms with Crippen molar-refractivity contribution in [1.29, 1.82) is 0 Å². The Morgan fingerprint density at radius 3 is 2.58 bits per heavy atom. The molecule has 10 heteroatoms. The Bertz CT molecular complexity index is 1190. The molecule has 0 spiro atoms. The maximum atomic E-state index is 11.3. The summed E-state index contributed by atoms with van der Waals surface area (Å²) in [6.45, 7) is 7.34. The molecule has 4 heterocycles. The van der Waals surface area contributed by atoms with Gasteiger partial charge in [-0.15, -0.1) is 0 Å². The number of nitrogens with zero attached hydrogens (tertiary/aromatic N) is 6. The van der Waals surface area contributed by atoms with Crippen LogP contribution in [0.15, 0.2) is 24.4 Å². The number of amides is 1. The van der Waals surface area contributed by atoms with Gasteiger partial charge >= 0.3 is 6.09 Å². The van der Waals surface area contributed by atoms with Gasteiger partial charge in [-0.1, -0.05) is 0 Å². The number of morpholine rings is 1. The van der Waals surface area contributed by atoms with Gasteiger partial charge in [-0.25, -0.2) is 19.4 Å². The number of carbonyl (C=O) groups is 1. The number of β-amino-alcohol motifs (C(OH)–C–C–N with tert-alkyl or cyclic N) is 1. The summed E-state index contributed by atoms with van der Waals surface area (Å²) >= 11 is 0. The highest BCUT2D eigenvalue weighted by molar-refractivity contribution is 5.82. The molecule has 0 aliphatic carbocycles. The lowest BCUT2D eigenvalue weighted by Crippen LogP contribution is -2.45. The van der Waals surface area contributed by atoms with E-state index < -0.39 is 12.2 Å². The molecule has 2 atom stereocenters. The first-order valence-corrected chi connectivity index (χ1v) is 11.2. The fraction of sp³-hybridized carbons (Fsp3) is 0.478. The predicted octanol–water partition coefficient (Wildman–Crippen LogP) is 2.10. The second-order valence-electron chi connectivity index (χ2n) is 8.75. The van der Waals surface area contributed by atoms with Crippen molar-refractivity contribution in [2.75, 3.05) is 44.3 Å². The molecule has 2 aromatic heterocycles. The normalized spacial score (nSPS) is 21.5. The molecule has 0 radical (unpaired) electrons. The van der Waals surface area contributed by atoms with Crippen molar-refractivity contribution in [1.82, 2.24) is 24.6 Å². The fourth-order valence-electron chi connectivity index (χ4n) is 4.85. The number of hydrogen-bond donors (Lipinski definition) is 2. The van der Waals surface area contributed by atoms with Crippen LogP contribution in [0.3, 0.4) is 0 Å². The van der Waals surface area contributed by atoms with E-state index in [4.69, 9.17) is 4.74 Å². The third-order valence-electron chi connectivity index (χ3n) is 6.57. The Morgan fingerprint density at radius 2 is 1.85 bits per heavy atom. The van der Waals surface area contributed by atoms with Gasteiger partial charge in [0.05, 0.1) is 37.6 Å². The van der Waals surface area contributed by atoms with Crippen LogP contribution in [-0.2, 0) is 4.74 Å². The molecule has 174 valence electrons. The number of carboxylic acid groups (broad SMARTS) is 1. The third kappa shape index (κ3) is 4.11. The van der Waals surface area contributed by atoms with Gasteiger partial charge in [0.2, 0.25) is 0 Å². The summed E-state index contributed by atoms with van der Waals surface area (Å²) < 4.78 is 7.28. The number of ether oxygens (including phenoxy) is 1. The molecule has 2 unspecified atom stereocenters. The van der Waals surface area contributed by atoms with Crippen molar-refractivity contribution in [2.24, 2.45) is 0 Å². The lowest BCUT2D eigenvalue weighted by molar-refractivity contribution is 0.0503. The smallest absolute Gasteiger partial charge is 0.407 e. The lowest BCUT2D eigenvalue weighted by Gasteiger charge is -2.35. The van der Waals surface area contributed by atoms with Crippen molar-refractivity contribution in [3.05, 3.63) is 41.3 Å². The van der Waals surface area contributed by atoms with E-state index in [0.717, 1.165) is 40.9 Å². The largest absolute Gasteiger partial charge is 0.465 e. The van der Waals surface area contributed by atoms with Crippen LogP contribution in [0, 0.1) is 13.8 Å². The number of aromatic nitrogens is 4. The zero-order chi connectivity index (χ0) is 23.1. The van der Waals surface area contributed by atoms with Gasteiger partial charge in [-0.3, -0.25) is 0 Å². The maximum absolute atomic E-state index is 11.3. The van der Waals surface area contributed by atoms with E-state index in [-0.39, 0.29) is 12.5 Å². The van der Waals surface area contributed by atoms with E-state index >= 15 is 0 Å². The Hall–Kier alpha value is -3.24. The number of rotatable bonds is 3. The second kappa shape index (κ2) is 8.60. The molecule has 1 aromatic carbocycles. The molecule has 5 rings (SSSR count). The van der Waals surface area contributed by atoms with Crippen molar-refractivity contribution >= 4 is 22.8 Å². The Balaban J connectivity index is 1.52. The van der Waals surface area contributed by atoms with Crippen molar-refractivity contribution in [3.8, 4) is 5.82 Å². The number of likely N-dealkylation sites (tertiary alicyclic amines) is 1. The van der Waals surface area contributed by atoms with Gasteiger partial charge in [-0.05, 0) is 43.5 Å². The number of benzene rings is 1. The van der Waals surface area contributed by atoms with Crippen molar-refractivity contribution in [3.63, 3.8) is 0 Å². The number of anilines is 1. The first-order valence-electron chi connectivity index (χ1n) is 11.2. The molecule has 3 aromatic rings. The molecule has 0 bridgehead atoms. The summed E-state index contributed by atoms with van der Waals surface area (Å²) in [5.74, 6) is 2.08. The second-order valence-corrected chi connectivity index (χ2v) is 8.75. The van der Waals surface area contributed by atoms with E-state index in [9.17, 15) is 15.0 Å². The molecule has 0 saturated carbocycles. The summed E-state index contributed by atoms with van der Waals surface area (Å²) in [5.41, 5.74) is 2.97. The number of aliphatic hydroxyl groups excluding tert-OH is 1. The molecule has 1 amide bonds. The minimum Gasteiger partial charge on any atom is -0.465 e. The van der Waals surface area contributed by atoms with E-state index in [2.05, 4.69) is 32.1 Å². The van der Waals surface area contributed by atoms with Gasteiger partial charge in [0.1, 0.15) is 11.6 Å². The summed E-state index contributed by atoms with van der Waals surface area (Å²) in [7, 11) is 0. The Kier molecular flexibility index (Phi) is 5.63. The molecule has 2 aliphatic rings. The summed E-state index contributed by atoms with van der Waals surface area (Å²) in [4.78, 5) is 24.0. The number of piperidine rings is 1. The van der Waals surface area contributed by atoms with E-state index in [1.165, 1.54) is 4.90 Å². The highest BCUT2D eigenvalue weighted by Crippen LogP contribution is 2.34. The predicted molar refractivity (Wildman–Crippen MR) is 122 cm³/mol. The van der Waals surface area contributed by atoms with Gasteiger partial charge in [0, 0.05) is 37.0 Å². The van der Waals surface area contributed by atoms with Gasteiger partial charge < -0.3 is 24.7 Å². The molecule has 33 heavy (non-hydrogen) atoms. The molecule has 2 saturated heterocycles. The zero-order valence-corrected chi connectivity index (χ0v) is 18.8. The average Bonchev–Trinajstić information content (AvgIpc) is 3.21. The van der Waals surface area contributed by atoms with Crippen LogP contribution in [-0.4, -0.2) is 86.5 Å². The molecule has 2 N–H and O–H groups in total. The van der Waals surface area contributed by atoms with Crippen molar-refractivity contribution < 1.29 is 19.7 Å². The molecule has 10 nitrogen and oxygen atoms in total. The molecule has 2 aliphatic heterocycles. The topological polar surface area (TPSA) is 117 Å². The average molecular weight is 453 g/mol. The SMILES string of the molecule is Cc1nc(N2CCOCC2)cc(-n2ncc3cc(C)c(C4CCN(C(=O)O)CC4O)cc32)n1. The first-order chi connectivity index (χ1) is 15.9. The Labute approximate surface area is 191 Å². The minimum absolute atomic E-state index is 0.116. The standard InChI is InChI=1S/C23H28N6O4/c1-14-9-16-12-24-29(22-11-21(25-15(2)26-22)27-5-7-33-8-6-27)19(16)10-18(14)17-3-4-28(23(31)32)13-20(17)30/h9-12,17,20,30H,3-8,13H2,1-2H3,(H,31,32). The lowest BCUT2D eigenvalue weighted by atomic mass is 9.84. The summed E-state index contributed by atoms with van der Waals surface area (Å²) in [6.07, 6.45) is 0.646. The van der Waals surface area contributed by atoms with Crippen LogP contribution < -0.4 is 4.90 Å². The Morgan fingerprint density at radius 1 is 1.09 bits per heavy atom. The van der Waals surface area contributed by atoms with Crippen LogP contribution in [0.2, 0.25) is 0 Å². The minimum atomic E-state index is -0.993. The maximum Gasteiger partial charge on any atom is 0.407 e. The van der Waals surface area contributed by atoms with E-state index in [0.29, 0.717) is 37.8 Å². The molecular formula is C23H28N6O4. The van der Waals surface area contributed by atoms with Crippen LogP contribution in [0.5, 0.6) is 0 Å². The van der Waals surface area contributed by atoms with Gasteiger partial charge in [0.25, 0.3) is 0 Å². The van der Waals surface area contributed by atoms with Crippen molar-refractivity contribution in [2.45, 2.75) is 32.3 Å². The van der Waals surface area contributed by atoms with Crippen LogP contribution in [0.4, 0.5) is 10.6 Å². The first kappa shape index (κ1) is 21.6. The highest BCUT2D eigenvalue weighted by Gasteiger charge is 2.32. The van der Waals surface area contributed by atoms with Gasteiger partial charge in [-0.2, -0.15) is 5.10 Å². The zero-order valence-electron chi connectivity index (χ0n) is 18.8. The number of aryl methyl sites for hydroxylation is 2. The van der Waals surface area contributed by atoms with Crippen LogP contribution in [0.25, 0.3) is 16.7 Å². The number of fused-ring (bicyclic) bond motifs is 1. The monoisotopic (exact) mass is 452 g/mol. The highest BCUT2D eigenvalue weighted by atomic mass is 16.5. The van der Waals surface area contributed by atoms with Crippen LogP contribution >= 0.6 is 0 Å². The summed E-state index contributed by atoms with van der Waals surface area (Å²) in [6, 6.07) is 6.08. The van der Waals surface area contributed by atoms with Crippen LogP contribution in [0.1, 0.15) is 29.3 Å². The fourth-order valence-corrected chi connectivity index (χ4v) is 4.85. The number of aliphatic hydroxyl groups is 1. The quantitative estimate of drug-likeness (QED) is 0.621. The van der Waals surface area contributed by atoms with E-state index in [1.54, 1.807) is 0 Å². The summed E-state index contributed by atoms with van der Waals surface area (Å²) in [5, 5.41) is 25.6. The molecular weight excluding hydrogens is 424 g/mol. The molecule has 2 fully saturated rings. The number of hydrogen-bond acceptors (Lipinski definition) is 7. The third-order valence-corrected chi connectivity index (χ3v) is 6.57.